The van der Waals surface area contributed by atoms with Crippen molar-refractivity contribution in [1.29, 1.82) is 0 Å². The number of rotatable bonds is 6. The normalized spacial score (nSPS) is 26.1. The Balaban J connectivity index is 2.04. The summed E-state index contributed by atoms with van der Waals surface area (Å²) >= 11 is 0. The van der Waals surface area contributed by atoms with Crippen LogP contribution in [0.25, 0.3) is 0 Å². The van der Waals surface area contributed by atoms with E-state index in [1.165, 1.54) is 38.2 Å². The van der Waals surface area contributed by atoms with Crippen LogP contribution in [0.4, 0.5) is 0 Å². The third-order valence-corrected chi connectivity index (χ3v) is 3.50. The fraction of sp³-hybridized carbons (Fsp3) is 0.769. The third-order valence-electron chi connectivity index (χ3n) is 3.50. The smallest absolute Gasteiger partial charge is 0.328 e. The highest BCUT2D eigenvalue weighted by molar-refractivity contribution is 5.79. The first-order valence-electron chi connectivity index (χ1n) is 6.32. The number of aliphatic carboxylic acids is 1. The van der Waals surface area contributed by atoms with E-state index in [1.807, 2.05) is 0 Å². The van der Waals surface area contributed by atoms with Crippen molar-refractivity contribution in [2.45, 2.75) is 39.0 Å². The first-order chi connectivity index (χ1) is 7.72. The molecule has 0 aliphatic heterocycles. The summed E-state index contributed by atoms with van der Waals surface area (Å²) in [7, 11) is 0. The molecule has 0 aromatic carbocycles. The Kier molecular flexibility index (Phi) is 6.16. The van der Waals surface area contributed by atoms with Crippen LogP contribution in [-0.4, -0.2) is 24.2 Å². The Morgan fingerprint density at radius 2 is 1.94 bits per heavy atom. The van der Waals surface area contributed by atoms with Gasteiger partial charge >= 0.3 is 5.97 Å². The zero-order valence-corrected chi connectivity index (χ0v) is 10.1. The summed E-state index contributed by atoms with van der Waals surface area (Å²) in [5.74, 6) is 0.870. The van der Waals surface area contributed by atoms with Crippen LogP contribution in [-0.2, 0) is 4.79 Å². The van der Waals surface area contributed by atoms with E-state index in [4.69, 9.17) is 5.11 Å². The van der Waals surface area contributed by atoms with Crippen LogP contribution in [0.15, 0.2) is 12.2 Å². The summed E-state index contributed by atoms with van der Waals surface area (Å²) < 4.78 is 0. The van der Waals surface area contributed by atoms with Crippen LogP contribution in [0.5, 0.6) is 0 Å². The standard InChI is InChI=1S/C13H23NO2/c1-2-11-5-7-12(8-6-11)10-14-9-3-4-13(15)16/h3-4,11-12,14H,2,5-10H2,1H3,(H,15,16)/b4-3+. The SMILES string of the molecule is CCC1CCC(CNC/C=C/C(=O)O)CC1. The van der Waals surface area contributed by atoms with Gasteiger partial charge in [-0.1, -0.05) is 32.3 Å². The molecule has 16 heavy (non-hydrogen) atoms. The molecule has 1 aliphatic carbocycles. The topological polar surface area (TPSA) is 49.3 Å². The van der Waals surface area contributed by atoms with Crippen molar-refractivity contribution >= 4 is 5.97 Å². The molecule has 3 nitrogen and oxygen atoms in total. The summed E-state index contributed by atoms with van der Waals surface area (Å²) in [6.07, 6.45) is 9.58. The van der Waals surface area contributed by atoms with Gasteiger partial charge in [-0.3, -0.25) is 0 Å². The molecule has 1 saturated carbocycles. The zero-order chi connectivity index (χ0) is 11.8. The maximum Gasteiger partial charge on any atom is 0.328 e. The first-order valence-corrected chi connectivity index (χ1v) is 6.32. The van der Waals surface area contributed by atoms with Crippen LogP contribution in [0.3, 0.4) is 0 Å². The number of carboxylic acids is 1. The molecule has 1 aliphatic rings. The summed E-state index contributed by atoms with van der Waals surface area (Å²) in [4.78, 5) is 10.2. The molecule has 0 amide bonds. The fourth-order valence-corrected chi connectivity index (χ4v) is 2.37. The molecule has 0 atom stereocenters. The molecule has 0 saturated heterocycles. The van der Waals surface area contributed by atoms with Crippen molar-refractivity contribution in [2.75, 3.05) is 13.1 Å². The molecule has 0 spiro atoms. The van der Waals surface area contributed by atoms with Gasteiger partial charge in [0.2, 0.25) is 0 Å². The van der Waals surface area contributed by atoms with E-state index in [2.05, 4.69) is 12.2 Å². The second kappa shape index (κ2) is 7.44. The summed E-state index contributed by atoms with van der Waals surface area (Å²) in [6.45, 7) is 3.97. The molecule has 0 unspecified atom stereocenters. The second-order valence-electron chi connectivity index (χ2n) is 4.69. The second-order valence-corrected chi connectivity index (χ2v) is 4.69. The van der Waals surface area contributed by atoms with Gasteiger partial charge in [-0.05, 0) is 31.2 Å². The zero-order valence-electron chi connectivity index (χ0n) is 10.1. The number of carbonyl (C=O) groups is 1. The highest BCUT2D eigenvalue weighted by Crippen LogP contribution is 2.29. The number of nitrogens with one attached hydrogen (secondary N) is 1. The molecule has 1 fully saturated rings. The summed E-state index contributed by atoms with van der Waals surface area (Å²) in [6, 6.07) is 0. The number of carboxylic acid groups (broad SMARTS) is 1. The molecular weight excluding hydrogens is 202 g/mol. The van der Waals surface area contributed by atoms with Crippen molar-refractivity contribution in [2.24, 2.45) is 11.8 Å². The average Bonchev–Trinajstić information content (AvgIpc) is 2.29. The van der Waals surface area contributed by atoms with Gasteiger partial charge in [-0.15, -0.1) is 0 Å². The minimum absolute atomic E-state index is 0.667. The van der Waals surface area contributed by atoms with Crippen LogP contribution in [0, 0.1) is 11.8 Å². The maximum atomic E-state index is 10.2. The Labute approximate surface area is 97.9 Å². The molecule has 0 aromatic heterocycles. The van der Waals surface area contributed by atoms with E-state index in [-0.39, 0.29) is 0 Å². The number of hydrogen-bond donors (Lipinski definition) is 2. The van der Waals surface area contributed by atoms with Crippen LogP contribution in [0.2, 0.25) is 0 Å². The predicted octanol–water partition coefficient (Wildman–Crippen LogP) is 2.43. The van der Waals surface area contributed by atoms with Crippen molar-refractivity contribution in [3.63, 3.8) is 0 Å². The lowest BCUT2D eigenvalue weighted by molar-refractivity contribution is -0.131. The molecule has 92 valence electrons. The lowest BCUT2D eigenvalue weighted by Gasteiger charge is -2.27. The van der Waals surface area contributed by atoms with Crippen molar-refractivity contribution in [1.82, 2.24) is 5.32 Å². The molecule has 3 heteroatoms. The molecule has 0 radical (unpaired) electrons. The van der Waals surface area contributed by atoms with Crippen molar-refractivity contribution in [3.05, 3.63) is 12.2 Å². The minimum Gasteiger partial charge on any atom is -0.478 e. The van der Waals surface area contributed by atoms with Gasteiger partial charge in [0.1, 0.15) is 0 Å². The highest BCUT2D eigenvalue weighted by Gasteiger charge is 2.19. The van der Waals surface area contributed by atoms with Crippen LogP contribution < -0.4 is 5.32 Å². The predicted molar refractivity (Wildman–Crippen MR) is 65.4 cm³/mol. The molecule has 0 heterocycles. The van der Waals surface area contributed by atoms with Gasteiger partial charge in [-0.25, -0.2) is 4.79 Å². The van der Waals surface area contributed by atoms with Crippen molar-refractivity contribution in [3.8, 4) is 0 Å². The van der Waals surface area contributed by atoms with E-state index >= 15 is 0 Å². The Morgan fingerprint density at radius 3 is 2.50 bits per heavy atom. The summed E-state index contributed by atoms with van der Waals surface area (Å²) in [5, 5.41) is 11.7. The molecule has 1 rings (SSSR count). The third kappa shape index (κ3) is 5.31. The molecule has 0 bridgehead atoms. The summed E-state index contributed by atoms with van der Waals surface area (Å²) in [5.41, 5.74) is 0. The van der Waals surface area contributed by atoms with Crippen molar-refractivity contribution < 1.29 is 9.90 Å². The monoisotopic (exact) mass is 225 g/mol. The van der Waals surface area contributed by atoms with E-state index < -0.39 is 5.97 Å². The average molecular weight is 225 g/mol. The van der Waals surface area contributed by atoms with E-state index in [0.717, 1.165) is 18.4 Å². The lowest BCUT2D eigenvalue weighted by Crippen LogP contribution is -2.26. The van der Waals surface area contributed by atoms with E-state index in [9.17, 15) is 4.79 Å². The highest BCUT2D eigenvalue weighted by atomic mass is 16.4. The van der Waals surface area contributed by atoms with Gasteiger partial charge in [0.15, 0.2) is 0 Å². The van der Waals surface area contributed by atoms with Gasteiger partial charge < -0.3 is 10.4 Å². The largest absolute Gasteiger partial charge is 0.478 e. The lowest BCUT2D eigenvalue weighted by atomic mass is 9.81. The van der Waals surface area contributed by atoms with Crippen LogP contribution >= 0.6 is 0 Å². The van der Waals surface area contributed by atoms with Gasteiger partial charge in [0.05, 0.1) is 0 Å². The van der Waals surface area contributed by atoms with Gasteiger partial charge in [0.25, 0.3) is 0 Å². The molecular formula is C13H23NO2. The quantitative estimate of drug-likeness (QED) is 0.539. The Morgan fingerprint density at radius 1 is 1.31 bits per heavy atom. The maximum absolute atomic E-state index is 10.2. The first kappa shape index (κ1) is 13.2. The minimum atomic E-state index is -0.870. The Bertz CT molecular complexity index is 230. The molecule has 2 N–H and O–H groups in total. The molecule has 0 aromatic rings. The van der Waals surface area contributed by atoms with Crippen LogP contribution in [0.1, 0.15) is 39.0 Å². The fourth-order valence-electron chi connectivity index (χ4n) is 2.37. The van der Waals surface area contributed by atoms with Gasteiger partial charge in [-0.2, -0.15) is 0 Å². The van der Waals surface area contributed by atoms with E-state index in [0.29, 0.717) is 6.54 Å². The van der Waals surface area contributed by atoms with Gasteiger partial charge in [0, 0.05) is 12.6 Å². The number of hydrogen-bond acceptors (Lipinski definition) is 2. The Hall–Kier alpha value is -0.830. The van der Waals surface area contributed by atoms with E-state index in [1.54, 1.807) is 6.08 Å².